The first-order chi connectivity index (χ1) is 14.8. The van der Waals surface area contributed by atoms with Gasteiger partial charge in [0.15, 0.2) is 11.7 Å². The van der Waals surface area contributed by atoms with E-state index in [0.717, 1.165) is 5.57 Å². The van der Waals surface area contributed by atoms with Crippen LogP contribution in [0.3, 0.4) is 0 Å². The van der Waals surface area contributed by atoms with Gasteiger partial charge in [-0.05, 0) is 60.5 Å². The molecule has 1 heterocycles. The highest BCUT2D eigenvalue weighted by Crippen LogP contribution is 2.50. The number of aliphatic hydroxyl groups is 2. The Labute approximate surface area is 191 Å². The molecule has 1 saturated heterocycles. The highest BCUT2D eigenvalue weighted by molar-refractivity contribution is 5.98. The molecule has 0 amide bonds. The summed E-state index contributed by atoms with van der Waals surface area (Å²) in [6.07, 6.45) is 1.02. The quantitative estimate of drug-likeness (QED) is 0.228. The molecule has 0 radical (unpaired) electrons. The van der Waals surface area contributed by atoms with Crippen LogP contribution in [0.15, 0.2) is 35.5 Å². The van der Waals surface area contributed by atoms with Crippen LogP contribution in [0.5, 0.6) is 0 Å². The van der Waals surface area contributed by atoms with Crippen LogP contribution in [0.4, 0.5) is 0 Å². The minimum atomic E-state index is -1.34. The molecule has 0 aromatic rings. The van der Waals surface area contributed by atoms with Gasteiger partial charge < -0.3 is 24.4 Å². The zero-order chi connectivity index (χ0) is 24.4. The lowest BCUT2D eigenvalue weighted by Gasteiger charge is -2.36. The lowest BCUT2D eigenvalue weighted by atomic mass is 9.74. The first-order valence-electron chi connectivity index (χ1n) is 11.1. The molecule has 0 spiro atoms. The standard InChI is InChI=1S/C25H38O7/c1-9-14(3)13-30-18(12-19(26)24(6,7)29)16(5)17-11-20-25(8,32-20)22(27)21(17)31-23(28)15(4)10-2/h9-10,17-21,26,29H,5,11-13H2,1-4,6-8H3/b14-9-,15-10-/t17-,18?,19?,20-,21-,25-/m1/s1. The number of hydrogen-bond donors (Lipinski definition) is 2. The number of epoxide rings is 1. The maximum atomic E-state index is 13.2. The highest BCUT2D eigenvalue weighted by Gasteiger charge is 2.66. The van der Waals surface area contributed by atoms with Crippen molar-refractivity contribution in [3.63, 3.8) is 0 Å². The van der Waals surface area contributed by atoms with Gasteiger partial charge in [0, 0.05) is 17.9 Å². The van der Waals surface area contributed by atoms with Gasteiger partial charge in [-0.2, -0.15) is 0 Å². The van der Waals surface area contributed by atoms with Gasteiger partial charge >= 0.3 is 5.97 Å². The molecule has 180 valence electrons. The summed E-state index contributed by atoms with van der Waals surface area (Å²) in [5.41, 5.74) is -0.354. The molecule has 1 aliphatic heterocycles. The van der Waals surface area contributed by atoms with E-state index >= 15 is 0 Å². The molecule has 0 bridgehead atoms. The van der Waals surface area contributed by atoms with E-state index in [1.165, 1.54) is 13.8 Å². The highest BCUT2D eigenvalue weighted by atomic mass is 16.6. The Kier molecular flexibility index (Phi) is 8.26. The lowest BCUT2D eigenvalue weighted by Crippen LogP contribution is -2.49. The summed E-state index contributed by atoms with van der Waals surface area (Å²) >= 11 is 0. The van der Waals surface area contributed by atoms with Crippen LogP contribution in [-0.4, -0.2) is 64.2 Å². The molecular weight excluding hydrogens is 412 g/mol. The number of carbonyl (C=O) groups excluding carboxylic acids is 2. The molecular formula is C25H38O7. The number of ether oxygens (including phenoxy) is 3. The number of Topliss-reactive ketones (excluding diaryl/α,β-unsaturated/α-hetero) is 1. The van der Waals surface area contributed by atoms with E-state index < -0.39 is 41.4 Å². The van der Waals surface area contributed by atoms with Gasteiger partial charge in [-0.1, -0.05) is 24.3 Å². The predicted molar refractivity (Wildman–Crippen MR) is 121 cm³/mol. The monoisotopic (exact) mass is 450 g/mol. The fourth-order valence-electron chi connectivity index (χ4n) is 3.75. The zero-order valence-corrected chi connectivity index (χ0v) is 20.3. The number of esters is 1. The van der Waals surface area contributed by atoms with E-state index in [9.17, 15) is 19.8 Å². The van der Waals surface area contributed by atoms with Crippen molar-refractivity contribution in [2.45, 2.75) is 96.9 Å². The minimum absolute atomic E-state index is 0.0847. The van der Waals surface area contributed by atoms with E-state index in [4.69, 9.17) is 14.2 Å². The van der Waals surface area contributed by atoms with Gasteiger partial charge in [0.2, 0.25) is 5.78 Å². The average molecular weight is 451 g/mol. The fourth-order valence-corrected chi connectivity index (χ4v) is 3.75. The van der Waals surface area contributed by atoms with Crippen LogP contribution in [0.1, 0.15) is 61.3 Å². The first-order valence-corrected chi connectivity index (χ1v) is 11.1. The van der Waals surface area contributed by atoms with Crippen molar-refractivity contribution < 1.29 is 34.0 Å². The Morgan fingerprint density at radius 1 is 1.34 bits per heavy atom. The number of hydrogen-bond acceptors (Lipinski definition) is 7. The van der Waals surface area contributed by atoms with Crippen LogP contribution >= 0.6 is 0 Å². The summed E-state index contributed by atoms with van der Waals surface area (Å²) in [5, 5.41) is 20.8. The van der Waals surface area contributed by atoms with Crippen molar-refractivity contribution in [2.75, 3.05) is 6.61 Å². The second kappa shape index (κ2) is 10.00. The Morgan fingerprint density at radius 3 is 2.50 bits per heavy atom. The van der Waals surface area contributed by atoms with Crippen molar-refractivity contribution in [3.8, 4) is 0 Å². The van der Waals surface area contributed by atoms with Gasteiger partial charge in [0.25, 0.3) is 0 Å². The second-order valence-electron chi connectivity index (χ2n) is 9.63. The van der Waals surface area contributed by atoms with Crippen LogP contribution < -0.4 is 0 Å². The zero-order valence-electron chi connectivity index (χ0n) is 20.3. The molecule has 2 rings (SSSR count). The molecule has 7 heteroatoms. The van der Waals surface area contributed by atoms with Crippen LogP contribution in [0.25, 0.3) is 0 Å². The molecule has 2 aliphatic rings. The smallest absolute Gasteiger partial charge is 0.334 e. The first kappa shape index (κ1) is 26.5. The topological polar surface area (TPSA) is 106 Å². The molecule has 0 aromatic heterocycles. The molecule has 1 aliphatic carbocycles. The number of ketones is 1. The van der Waals surface area contributed by atoms with Crippen LogP contribution in [0.2, 0.25) is 0 Å². The average Bonchev–Trinajstić information content (AvgIpc) is 3.42. The van der Waals surface area contributed by atoms with Crippen LogP contribution in [-0.2, 0) is 23.8 Å². The van der Waals surface area contributed by atoms with Gasteiger partial charge in [-0.15, -0.1) is 0 Å². The van der Waals surface area contributed by atoms with E-state index in [0.29, 0.717) is 24.2 Å². The van der Waals surface area contributed by atoms with E-state index in [2.05, 4.69) is 6.58 Å². The summed E-state index contributed by atoms with van der Waals surface area (Å²) < 4.78 is 17.4. The molecule has 2 unspecified atom stereocenters. The molecule has 0 aromatic carbocycles. The number of carbonyl (C=O) groups is 2. The van der Waals surface area contributed by atoms with Gasteiger partial charge in [0.05, 0.1) is 30.5 Å². The maximum absolute atomic E-state index is 13.2. The maximum Gasteiger partial charge on any atom is 0.334 e. The van der Waals surface area contributed by atoms with E-state index in [1.807, 2.05) is 19.9 Å². The SMILES string of the molecule is C=C(C(CC(O)C(C)(C)O)OC/C(C)=C\C)[C@H]1C[C@H]2O[C@@]2(C)C(=O)[C@@H]1OC(=O)/C(C)=C\C. The third kappa shape index (κ3) is 5.76. The Bertz CT molecular complexity index is 804. The summed E-state index contributed by atoms with van der Waals surface area (Å²) in [6, 6.07) is 0. The molecule has 2 N–H and O–H groups in total. The van der Waals surface area contributed by atoms with Crippen molar-refractivity contribution in [1.82, 2.24) is 0 Å². The second-order valence-corrected chi connectivity index (χ2v) is 9.63. The van der Waals surface area contributed by atoms with Crippen molar-refractivity contribution in [3.05, 3.63) is 35.5 Å². The van der Waals surface area contributed by atoms with Gasteiger partial charge in [-0.25, -0.2) is 4.79 Å². The van der Waals surface area contributed by atoms with Crippen LogP contribution in [0, 0.1) is 5.92 Å². The van der Waals surface area contributed by atoms with Gasteiger partial charge in [0.1, 0.15) is 0 Å². The van der Waals surface area contributed by atoms with Crippen molar-refractivity contribution in [1.29, 1.82) is 0 Å². The van der Waals surface area contributed by atoms with E-state index in [-0.39, 0.29) is 18.3 Å². The molecule has 1 saturated carbocycles. The molecule has 7 nitrogen and oxygen atoms in total. The molecule has 6 atom stereocenters. The lowest BCUT2D eigenvalue weighted by molar-refractivity contribution is -0.157. The third-order valence-electron chi connectivity index (χ3n) is 6.66. The predicted octanol–water partition coefficient (Wildman–Crippen LogP) is 3.04. The Morgan fingerprint density at radius 2 is 1.97 bits per heavy atom. The number of aliphatic hydroxyl groups excluding tert-OH is 1. The summed E-state index contributed by atoms with van der Waals surface area (Å²) in [4.78, 5) is 25.7. The van der Waals surface area contributed by atoms with Crippen molar-refractivity contribution in [2.24, 2.45) is 5.92 Å². The Balaban J connectivity index is 2.32. The number of fused-ring (bicyclic) bond motifs is 1. The summed E-state index contributed by atoms with van der Waals surface area (Å²) in [6.45, 7) is 16.4. The largest absolute Gasteiger partial charge is 0.450 e. The number of rotatable bonds is 10. The summed E-state index contributed by atoms with van der Waals surface area (Å²) in [5.74, 6) is -1.38. The third-order valence-corrected chi connectivity index (χ3v) is 6.66. The van der Waals surface area contributed by atoms with E-state index in [1.54, 1.807) is 26.8 Å². The number of allylic oxidation sites excluding steroid dienone is 2. The molecule has 32 heavy (non-hydrogen) atoms. The van der Waals surface area contributed by atoms with Crippen molar-refractivity contribution >= 4 is 11.8 Å². The van der Waals surface area contributed by atoms with Gasteiger partial charge in [-0.3, -0.25) is 4.79 Å². The minimum Gasteiger partial charge on any atom is -0.450 e. The molecule has 2 fully saturated rings. The summed E-state index contributed by atoms with van der Waals surface area (Å²) in [7, 11) is 0. The Hall–Kier alpha value is -1.80. The normalized spacial score (nSPS) is 30.4. The fraction of sp³-hybridized carbons (Fsp3) is 0.680.